The lowest BCUT2D eigenvalue weighted by Gasteiger charge is -2.15. The van der Waals surface area contributed by atoms with Gasteiger partial charge in [-0.25, -0.2) is 4.98 Å². The number of hydrogen-bond donors (Lipinski definition) is 4. The number of phenols is 1. The summed E-state index contributed by atoms with van der Waals surface area (Å²) >= 11 is 1.31. The Hall–Kier alpha value is -2.64. The van der Waals surface area contributed by atoms with Gasteiger partial charge in [-0.1, -0.05) is 0 Å². The fourth-order valence-corrected chi connectivity index (χ4v) is 3.81. The van der Waals surface area contributed by atoms with E-state index >= 15 is 0 Å². The zero-order valence-electron chi connectivity index (χ0n) is 12.8. The molecular weight excluding hydrogens is 324 g/mol. The van der Waals surface area contributed by atoms with Gasteiger partial charge in [-0.05, 0) is 35.9 Å². The van der Waals surface area contributed by atoms with Gasteiger partial charge in [-0.3, -0.25) is 4.79 Å². The minimum Gasteiger partial charge on any atom is -0.508 e. The van der Waals surface area contributed by atoms with Crippen LogP contribution in [0.4, 0.5) is 11.4 Å². The molecule has 0 unspecified atom stereocenters. The molecule has 1 aromatic carbocycles. The molecule has 2 aromatic heterocycles. The zero-order chi connectivity index (χ0) is 16.7. The summed E-state index contributed by atoms with van der Waals surface area (Å²) in [5.41, 5.74) is 9.49. The van der Waals surface area contributed by atoms with E-state index in [1.165, 1.54) is 23.5 Å². The van der Waals surface area contributed by atoms with E-state index in [2.05, 4.69) is 15.6 Å². The van der Waals surface area contributed by atoms with Gasteiger partial charge in [0.25, 0.3) is 5.91 Å². The van der Waals surface area contributed by atoms with Gasteiger partial charge in [0.05, 0.1) is 5.69 Å². The van der Waals surface area contributed by atoms with Crippen molar-refractivity contribution in [2.75, 3.05) is 17.6 Å². The summed E-state index contributed by atoms with van der Waals surface area (Å²) in [6, 6.07) is 8.35. The standard InChI is InChI=1S/C17H16N4O2S/c18-14-12-7-9-8-19-6-5-13(9)21-17(12)24-15(14)16(23)20-10-1-3-11(22)4-2-10/h1-4,7,19,22H,5-6,8,18H2,(H,20,23). The Balaban J connectivity index is 1.69. The molecule has 24 heavy (non-hydrogen) atoms. The van der Waals surface area contributed by atoms with Gasteiger partial charge in [-0.2, -0.15) is 0 Å². The molecular formula is C17H16N4O2S. The number of fused-ring (bicyclic) bond motifs is 2. The molecule has 0 spiro atoms. The molecule has 0 saturated carbocycles. The van der Waals surface area contributed by atoms with Crippen LogP contribution in [0.5, 0.6) is 5.75 Å². The van der Waals surface area contributed by atoms with Crippen LogP contribution in [0.25, 0.3) is 10.2 Å². The Kier molecular flexibility index (Phi) is 3.59. The average Bonchev–Trinajstić information content (AvgIpc) is 2.91. The van der Waals surface area contributed by atoms with Crippen molar-refractivity contribution in [1.82, 2.24) is 10.3 Å². The maximum Gasteiger partial charge on any atom is 0.267 e. The molecule has 1 aliphatic rings. The van der Waals surface area contributed by atoms with E-state index in [1.807, 2.05) is 6.07 Å². The Labute approximate surface area is 142 Å². The highest BCUT2D eigenvalue weighted by Gasteiger charge is 2.20. The first-order valence-electron chi connectivity index (χ1n) is 7.63. The number of aromatic hydroxyl groups is 1. The van der Waals surface area contributed by atoms with Crippen molar-refractivity contribution < 1.29 is 9.90 Å². The molecule has 1 amide bonds. The number of rotatable bonds is 2. The van der Waals surface area contributed by atoms with E-state index < -0.39 is 0 Å². The maximum absolute atomic E-state index is 12.5. The van der Waals surface area contributed by atoms with Crippen LogP contribution in [0.15, 0.2) is 30.3 Å². The highest BCUT2D eigenvalue weighted by Crippen LogP contribution is 2.34. The van der Waals surface area contributed by atoms with Crippen LogP contribution < -0.4 is 16.4 Å². The Morgan fingerprint density at radius 3 is 2.92 bits per heavy atom. The Morgan fingerprint density at radius 2 is 2.12 bits per heavy atom. The summed E-state index contributed by atoms with van der Waals surface area (Å²) in [4.78, 5) is 18.5. The molecule has 6 nitrogen and oxygen atoms in total. The number of nitrogen functional groups attached to an aromatic ring is 1. The minimum atomic E-state index is -0.266. The van der Waals surface area contributed by atoms with Crippen LogP contribution in [0.2, 0.25) is 0 Å². The minimum absolute atomic E-state index is 0.151. The summed E-state index contributed by atoms with van der Waals surface area (Å²) in [5.74, 6) is -0.116. The number of carbonyl (C=O) groups is 1. The predicted octanol–water partition coefficient (Wildman–Crippen LogP) is 2.48. The number of aromatic nitrogens is 1. The predicted molar refractivity (Wildman–Crippen MR) is 95.5 cm³/mol. The van der Waals surface area contributed by atoms with Crippen LogP contribution >= 0.6 is 11.3 Å². The second kappa shape index (κ2) is 5.77. The largest absolute Gasteiger partial charge is 0.508 e. The van der Waals surface area contributed by atoms with Crippen LogP contribution in [-0.4, -0.2) is 22.5 Å². The van der Waals surface area contributed by atoms with Crippen LogP contribution in [0, 0.1) is 0 Å². The molecule has 7 heteroatoms. The molecule has 1 aliphatic heterocycles. The third-order valence-corrected chi connectivity index (χ3v) is 5.19. The normalized spacial score (nSPS) is 13.7. The van der Waals surface area contributed by atoms with Crippen LogP contribution in [0.3, 0.4) is 0 Å². The first-order chi connectivity index (χ1) is 11.6. The summed E-state index contributed by atoms with van der Waals surface area (Å²) < 4.78 is 0. The van der Waals surface area contributed by atoms with Crippen molar-refractivity contribution in [3.8, 4) is 5.75 Å². The third kappa shape index (κ3) is 2.57. The monoisotopic (exact) mass is 340 g/mol. The molecule has 0 fully saturated rings. The molecule has 3 heterocycles. The molecule has 0 atom stereocenters. The molecule has 0 radical (unpaired) electrons. The molecule has 5 N–H and O–H groups in total. The lowest BCUT2D eigenvalue weighted by atomic mass is 10.1. The van der Waals surface area contributed by atoms with Gasteiger partial charge in [0.1, 0.15) is 15.5 Å². The van der Waals surface area contributed by atoms with E-state index in [1.54, 1.807) is 12.1 Å². The molecule has 0 saturated heterocycles. The van der Waals surface area contributed by atoms with Gasteiger partial charge < -0.3 is 21.5 Å². The molecule has 0 aliphatic carbocycles. The number of hydrogen-bond acceptors (Lipinski definition) is 6. The number of thiophene rings is 1. The Bertz CT molecular complexity index is 934. The average molecular weight is 340 g/mol. The smallest absolute Gasteiger partial charge is 0.267 e. The number of nitrogens with two attached hydrogens (primary N) is 1. The van der Waals surface area contributed by atoms with Gasteiger partial charge in [0.2, 0.25) is 0 Å². The second-order valence-corrected chi connectivity index (χ2v) is 6.72. The van der Waals surface area contributed by atoms with E-state index in [0.29, 0.717) is 16.3 Å². The van der Waals surface area contributed by atoms with E-state index in [4.69, 9.17) is 5.73 Å². The van der Waals surface area contributed by atoms with Crippen LogP contribution in [-0.2, 0) is 13.0 Å². The van der Waals surface area contributed by atoms with E-state index in [9.17, 15) is 9.90 Å². The van der Waals surface area contributed by atoms with E-state index in [0.717, 1.165) is 41.0 Å². The van der Waals surface area contributed by atoms with Crippen molar-refractivity contribution >= 4 is 38.8 Å². The van der Waals surface area contributed by atoms with E-state index in [-0.39, 0.29) is 11.7 Å². The van der Waals surface area contributed by atoms with Crippen molar-refractivity contribution in [3.05, 3.63) is 46.5 Å². The summed E-state index contributed by atoms with van der Waals surface area (Å²) in [7, 11) is 0. The molecule has 3 aromatic rings. The zero-order valence-corrected chi connectivity index (χ0v) is 13.6. The lowest BCUT2D eigenvalue weighted by Crippen LogP contribution is -2.24. The number of amides is 1. The maximum atomic E-state index is 12.5. The Morgan fingerprint density at radius 1 is 1.33 bits per heavy atom. The fraction of sp³-hybridized carbons (Fsp3) is 0.176. The van der Waals surface area contributed by atoms with Gasteiger partial charge in [0, 0.05) is 36.3 Å². The fourth-order valence-electron chi connectivity index (χ4n) is 2.82. The number of nitrogens with zero attached hydrogens (tertiary/aromatic N) is 1. The summed E-state index contributed by atoms with van der Waals surface area (Å²) in [6.45, 7) is 1.70. The number of pyridine rings is 1. The van der Waals surface area contributed by atoms with Gasteiger partial charge >= 0.3 is 0 Å². The topological polar surface area (TPSA) is 100 Å². The number of anilines is 2. The van der Waals surface area contributed by atoms with Crippen LogP contribution in [0.1, 0.15) is 20.9 Å². The third-order valence-electron chi connectivity index (χ3n) is 4.08. The molecule has 4 rings (SSSR count). The molecule has 122 valence electrons. The quantitative estimate of drug-likeness (QED) is 0.537. The summed E-state index contributed by atoms with van der Waals surface area (Å²) in [5, 5.41) is 16.3. The van der Waals surface area contributed by atoms with Gasteiger partial charge in [0.15, 0.2) is 0 Å². The lowest BCUT2D eigenvalue weighted by molar-refractivity contribution is 0.103. The van der Waals surface area contributed by atoms with Crippen molar-refractivity contribution in [2.45, 2.75) is 13.0 Å². The number of carbonyl (C=O) groups excluding carboxylic acids is 1. The first kappa shape index (κ1) is 14.9. The highest BCUT2D eigenvalue weighted by atomic mass is 32.1. The summed E-state index contributed by atoms with van der Waals surface area (Å²) in [6.07, 6.45) is 0.887. The van der Waals surface area contributed by atoms with Gasteiger partial charge in [-0.15, -0.1) is 11.3 Å². The SMILES string of the molecule is Nc1c(C(=O)Nc2ccc(O)cc2)sc2nc3c(cc12)CNCC3. The first-order valence-corrected chi connectivity index (χ1v) is 8.45. The molecule has 0 bridgehead atoms. The number of phenolic OH excluding ortho intramolecular Hbond substituents is 1. The number of benzene rings is 1. The van der Waals surface area contributed by atoms with Crippen molar-refractivity contribution in [3.63, 3.8) is 0 Å². The number of nitrogens with one attached hydrogen (secondary N) is 2. The van der Waals surface area contributed by atoms with Crippen molar-refractivity contribution in [2.24, 2.45) is 0 Å². The highest BCUT2D eigenvalue weighted by molar-refractivity contribution is 7.21. The van der Waals surface area contributed by atoms with Crippen molar-refractivity contribution in [1.29, 1.82) is 0 Å². The second-order valence-electron chi connectivity index (χ2n) is 5.72.